The third-order valence-corrected chi connectivity index (χ3v) is 5.64. The molecule has 0 aliphatic carbocycles. The number of ether oxygens (including phenoxy) is 1. The molecule has 3 aromatic rings. The average Bonchev–Trinajstić information content (AvgIpc) is 3.16. The summed E-state index contributed by atoms with van der Waals surface area (Å²) < 4.78 is 8.03. The number of nitrogens with one attached hydrogen (secondary N) is 1. The minimum absolute atomic E-state index is 0.0968. The maximum atomic E-state index is 12.3. The van der Waals surface area contributed by atoms with Crippen molar-refractivity contribution in [1.82, 2.24) is 14.8 Å². The van der Waals surface area contributed by atoms with Gasteiger partial charge in [-0.3, -0.25) is 9.36 Å². The molecule has 0 fully saturated rings. The van der Waals surface area contributed by atoms with Gasteiger partial charge in [0.15, 0.2) is 17.1 Å². The summed E-state index contributed by atoms with van der Waals surface area (Å²) in [5.41, 5.74) is 2.04. The second-order valence-electron chi connectivity index (χ2n) is 7.43. The van der Waals surface area contributed by atoms with Crippen LogP contribution in [0.1, 0.15) is 44.2 Å². The smallest absolute Gasteiger partial charge is 0.234 e. The van der Waals surface area contributed by atoms with Gasteiger partial charge in [-0.1, -0.05) is 62.0 Å². The van der Waals surface area contributed by atoms with Gasteiger partial charge in [0, 0.05) is 12.2 Å². The Balaban J connectivity index is 1.66. The van der Waals surface area contributed by atoms with Crippen molar-refractivity contribution in [1.29, 1.82) is 0 Å². The van der Waals surface area contributed by atoms with E-state index in [1.54, 1.807) is 6.08 Å². The van der Waals surface area contributed by atoms with Crippen LogP contribution in [0.3, 0.4) is 0 Å². The fourth-order valence-corrected chi connectivity index (χ4v) is 3.80. The van der Waals surface area contributed by atoms with Gasteiger partial charge in [-0.15, -0.1) is 16.8 Å². The number of para-hydroxylation sites is 1. The van der Waals surface area contributed by atoms with Crippen molar-refractivity contribution < 1.29 is 9.53 Å². The van der Waals surface area contributed by atoms with Gasteiger partial charge >= 0.3 is 0 Å². The van der Waals surface area contributed by atoms with Gasteiger partial charge in [0.25, 0.3) is 0 Å². The van der Waals surface area contributed by atoms with Crippen LogP contribution >= 0.6 is 11.8 Å². The van der Waals surface area contributed by atoms with Gasteiger partial charge in [-0.05, 0) is 42.7 Å². The molecule has 1 amide bonds. The summed E-state index contributed by atoms with van der Waals surface area (Å²) in [4.78, 5) is 12.3. The zero-order valence-electron chi connectivity index (χ0n) is 18.1. The second-order valence-corrected chi connectivity index (χ2v) is 8.37. The largest absolute Gasteiger partial charge is 0.483 e. The van der Waals surface area contributed by atoms with Gasteiger partial charge in [0.2, 0.25) is 5.91 Å². The standard InChI is InChI=1S/C24H28N4O2S/c1-5-15-28-23(18(4)30-21-13-11-19(12-14-21)17(2)3)26-27-24(28)31-16-22(29)25-20-9-7-6-8-10-20/h5-14,17-18H,1,15-16H2,2-4H3,(H,25,29). The number of carbonyl (C=O) groups excluding carboxylic acids is 1. The van der Waals surface area contributed by atoms with E-state index in [2.05, 4.69) is 48.1 Å². The van der Waals surface area contributed by atoms with Crippen LogP contribution < -0.4 is 10.1 Å². The molecule has 2 aromatic carbocycles. The van der Waals surface area contributed by atoms with Gasteiger partial charge in [0.05, 0.1) is 5.75 Å². The van der Waals surface area contributed by atoms with Gasteiger partial charge in [-0.25, -0.2) is 0 Å². The van der Waals surface area contributed by atoms with Gasteiger partial charge in [-0.2, -0.15) is 0 Å². The Morgan fingerprint density at radius 2 is 1.84 bits per heavy atom. The van der Waals surface area contributed by atoms with Crippen molar-refractivity contribution in [3.63, 3.8) is 0 Å². The van der Waals surface area contributed by atoms with E-state index in [1.807, 2.05) is 54.0 Å². The van der Waals surface area contributed by atoms with Crippen molar-refractivity contribution in [3.8, 4) is 5.75 Å². The number of carbonyl (C=O) groups is 1. The summed E-state index contributed by atoms with van der Waals surface area (Å²) in [5.74, 6) is 2.08. The van der Waals surface area contributed by atoms with Crippen LogP contribution in [-0.2, 0) is 11.3 Å². The van der Waals surface area contributed by atoms with E-state index in [4.69, 9.17) is 4.74 Å². The average molecular weight is 437 g/mol. The number of hydrogen-bond acceptors (Lipinski definition) is 5. The molecule has 0 saturated heterocycles. The number of thioether (sulfide) groups is 1. The number of hydrogen-bond donors (Lipinski definition) is 1. The fraction of sp³-hybridized carbons (Fsp3) is 0.292. The van der Waals surface area contributed by atoms with Crippen LogP contribution in [0.2, 0.25) is 0 Å². The van der Waals surface area contributed by atoms with Crippen LogP contribution in [0.4, 0.5) is 5.69 Å². The molecule has 0 spiro atoms. The van der Waals surface area contributed by atoms with Crippen molar-refractivity contribution in [2.24, 2.45) is 0 Å². The Morgan fingerprint density at radius 3 is 2.48 bits per heavy atom. The number of aromatic nitrogens is 3. The fourth-order valence-electron chi connectivity index (χ4n) is 3.05. The monoisotopic (exact) mass is 436 g/mol. The summed E-state index contributed by atoms with van der Waals surface area (Å²) in [6.07, 6.45) is 1.48. The predicted molar refractivity (Wildman–Crippen MR) is 126 cm³/mol. The van der Waals surface area contributed by atoms with Gasteiger partial charge < -0.3 is 10.1 Å². The van der Waals surface area contributed by atoms with Gasteiger partial charge in [0.1, 0.15) is 5.75 Å². The molecule has 162 valence electrons. The molecular weight excluding hydrogens is 408 g/mol. The first-order valence-corrected chi connectivity index (χ1v) is 11.2. The lowest BCUT2D eigenvalue weighted by molar-refractivity contribution is -0.113. The molecule has 3 rings (SSSR count). The van der Waals surface area contributed by atoms with Crippen LogP contribution in [0.15, 0.2) is 72.4 Å². The molecule has 31 heavy (non-hydrogen) atoms. The molecule has 7 heteroatoms. The Hall–Kier alpha value is -3.06. The molecule has 0 aliphatic rings. The first-order chi connectivity index (χ1) is 15.0. The second kappa shape index (κ2) is 10.8. The molecule has 0 saturated carbocycles. The van der Waals surface area contributed by atoms with E-state index in [1.165, 1.54) is 17.3 Å². The lowest BCUT2D eigenvalue weighted by atomic mass is 10.0. The number of benzene rings is 2. The summed E-state index contributed by atoms with van der Waals surface area (Å²) in [7, 11) is 0. The van der Waals surface area contributed by atoms with E-state index in [0.717, 1.165) is 11.4 Å². The maximum absolute atomic E-state index is 12.3. The minimum atomic E-state index is -0.301. The first kappa shape index (κ1) is 22.6. The molecule has 1 aromatic heterocycles. The van der Waals surface area contributed by atoms with Crippen LogP contribution in [0.25, 0.3) is 0 Å². The Bertz CT molecular complexity index is 1000. The van der Waals surface area contributed by atoms with E-state index < -0.39 is 0 Å². The molecule has 1 atom stereocenters. The molecule has 0 bridgehead atoms. The third-order valence-electron chi connectivity index (χ3n) is 4.67. The molecule has 6 nitrogen and oxygen atoms in total. The zero-order chi connectivity index (χ0) is 22.2. The van der Waals surface area contributed by atoms with Crippen molar-refractivity contribution in [2.45, 2.75) is 44.5 Å². The van der Waals surface area contributed by atoms with Crippen LogP contribution in [0.5, 0.6) is 5.75 Å². The number of nitrogens with zero attached hydrogens (tertiary/aromatic N) is 3. The highest BCUT2D eigenvalue weighted by atomic mass is 32.2. The summed E-state index contributed by atoms with van der Waals surface area (Å²) >= 11 is 1.34. The summed E-state index contributed by atoms with van der Waals surface area (Å²) in [6, 6.07) is 17.5. The van der Waals surface area contributed by atoms with E-state index in [9.17, 15) is 4.79 Å². The van der Waals surface area contributed by atoms with Crippen molar-refractivity contribution >= 4 is 23.4 Å². The number of allylic oxidation sites excluding steroid dienone is 1. The quantitative estimate of drug-likeness (QED) is 0.338. The van der Waals surface area contributed by atoms with E-state index in [0.29, 0.717) is 23.4 Å². The highest BCUT2D eigenvalue weighted by Gasteiger charge is 2.20. The number of anilines is 1. The molecule has 1 N–H and O–H groups in total. The number of rotatable bonds is 10. The van der Waals surface area contributed by atoms with Crippen molar-refractivity contribution in [3.05, 3.63) is 78.6 Å². The maximum Gasteiger partial charge on any atom is 0.234 e. The SMILES string of the molecule is C=CCn1c(SCC(=O)Nc2ccccc2)nnc1C(C)Oc1ccc(C(C)C)cc1. The Kier molecular flexibility index (Phi) is 7.89. The Morgan fingerprint density at radius 1 is 1.13 bits per heavy atom. The Labute approximate surface area is 187 Å². The predicted octanol–water partition coefficient (Wildman–Crippen LogP) is 5.46. The van der Waals surface area contributed by atoms with Crippen LogP contribution in [-0.4, -0.2) is 26.4 Å². The number of amides is 1. The highest BCUT2D eigenvalue weighted by Crippen LogP contribution is 2.26. The zero-order valence-corrected chi connectivity index (χ0v) is 18.9. The lowest BCUT2D eigenvalue weighted by Crippen LogP contribution is -2.15. The molecule has 0 radical (unpaired) electrons. The van der Waals surface area contributed by atoms with Crippen LogP contribution in [0, 0.1) is 0 Å². The summed E-state index contributed by atoms with van der Waals surface area (Å²) in [5, 5.41) is 12.1. The minimum Gasteiger partial charge on any atom is -0.483 e. The van der Waals surface area contributed by atoms with E-state index in [-0.39, 0.29) is 17.8 Å². The van der Waals surface area contributed by atoms with E-state index >= 15 is 0 Å². The topological polar surface area (TPSA) is 69.0 Å². The molecule has 1 heterocycles. The summed E-state index contributed by atoms with van der Waals surface area (Å²) in [6.45, 7) is 10.6. The molecular formula is C24H28N4O2S. The first-order valence-electron chi connectivity index (χ1n) is 10.3. The molecule has 1 unspecified atom stereocenters. The normalized spacial score (nSPS) is 11.9. The third kappa shape index (κ3) is 6.21. The highest BCUT2D eigenvalue weighted by molar-refractivity contribution is 7.99. The molecule has 0 aliphatic heterocycles. The van der Waals surface area contributed by atoms with Crippen molar-refractivity contribution in [2.75, 3.05) is 11.1 Å². The lowest BCUT2D eigenvalue weighted by Gasteiger charge is -2.16.